The summed E-state index contributed by atoms with van der Waals surface area (Å²) in [7, 11) is 0. The van der Waals surface area contributed by atoms with Crippen LogP contribution in [-0.2, 0) is 13.0 Å². The standard InChI is InChI=1S/C24H22N4O2S/c1-17-9-10-22(18(2)14-17)26-24-27(13-11-20-7-3-4-12-25-20)23(16-31-24)19-6-5-8-21(15-19)28(29)30/h3-10,12,14-16H,11,13H2,1-2H3. The number of aryl methyl sites for hydroxylation is 3. The Morgan fingerprint density at radius 2 is 1.97 bits per heavy atom. The van der Waals surface area contributed by atoms with Gasteiger partial charge in [0.2, 0.25) is 0 Å². The van der Waals surface area contributed by atoms with E-state index in [1.807, 2.05) is 35.7 Å². The highest BCUT2D eigenvalue weighted by atomic mass is 32.1. The first-order valence-corrected chi connectivity index (χ1v) is 10.8. The van der Waals surface area contributed by atoms with Crippen molar-refractivity contribution in [2.24, 2.45) is 4.99 Å². The van der Waals surface area contributed by atoms with Crippen LogP contribution in [0.4, 0.5) is 11.4 Å². The highest BCUT2D eigenvalue weighted by Gasteiger charge is 2.13. The van der Waals surface area contributed by atoms with Gasteiger partial charge in [-0.05, 0) is 37.6 Å². The van der Waals surface area contributed by atoms with E-state index in [9.17, 15) is 10.1 Å². The smallest absolute Gasteiger partial charge is 0.270 e. The lowest BCUT2D eigenvalue weighted by Crippen LogP contribution is -2.17. The predicted octanol–water partition coefficient (Wildman–Crippen LogP) is 5.61. The predicted molar refractivity (Wildman–Crippen MR) is 123 cm³/mol. The van der Waals surface area contributed by atoms with E-state index in [4.69, 9.17) is 4.99 Å². The van der Waals surface area contributed by atoms with Gasteiger partial charge in [0, 0.05) is 47.9 Å². The molecule has 0 saturated heterocycles. The van der Waals surface area contributed by atoms with E-state index in [1.54, 1.807) is 18.3 Å². The van der Waals surface area contributed by atoms with Crippen LogP contribution in [0.25, 0.3) is 11.3 Å². The van der Waals surface area contributed by atoms with Crippen LogP contribution in [0.5, 0.6) is 0 Å². The molecular formula is C24H22N4O2S. The maximum absolute atomic E-state index is 11.3. The minimum absolute atomic E-state index is 0.0767. The van der Waals surface area contributed by atoms with E-state index in [-0.39, 0.29) is 10.6 Å². The number of thiazole rings is 1. The SMILES string of the molecule is Cc1ccc(N=c2scc(-c3cccc([N+](=O)[O-])c3)n2CCc2ccccn2)c(C)c1. The van der Waals surface area contributed by atoms with Crippen molar-refractivity contribution in [3.63, 3.8) is 0 Å². The number of benzene rings is 2. The van der Waals surface area contributed by atoms with Crippen molar-refractivity contribution in [1.82, 2.24) is 9.55 Å². The molecule has 0 unspecified atom stereocenters. The molecule has 0 atom stereocenters. The van der Waals surface area contributed by atoms with E-state index in [2.05, 4.69) is 35.5 Å². The van der Waals surface area contributed by atoms with Crippen molar-refractivity contribution in [2.45, 2.75) is 26.8 Å². The van der Waals surface area contributed by atoms with Gasteiger partial charge < -0.3 is 4.57 Å². The van der Waals surface area contributed by atoms with Crippen molar-refractivity contribution in [3.05, 3.63) is 104 Å². The quantitative estimate of drug-likeness (QED) is 0.295. The van der Waals surface area contributed by atoms with Gasteiger partial charge in [0.05, 0.1) is 16.3 Å². The van der Waals surface area contributed by atoms with Crippen molar-refractivity contribution in [1.29, 1.82) is 0 Å². The fourth-order valence-electron chi connectivity index (χ4n) is 3.45. The van der Waals surface area contributed by atoms with Crippen LogP contribution in [0.1, 0.15) is 16.8 Å². The third-order valence-electron chi connectivity index (χ3n) is 5.04. The molecule has 156 valence electrons. The van der Waals surface area contributed by atoms with Crippen molar-refractivity contribution < 1.29 is 4.92 Å². The third kappa shape index (κ3) is 4.78. The van der Waals surface area contributed by atoms with Gasteiger partial charge in [0.1, 0.15) is 0 Å². The summed E-state index contributed by atoms with van der Waals surface area (Å²) in [5, 5.41) is 13.3. The van der Waals surface area contributed by atoms with E-state index in [1.165, 1.54) is 23.0 Å². The van der Waals surface area contributed by atoms with Gasteiger partial charge in [-0.25, -0.2) is 4.99 Å². The lowest BCUT2D eigenvalue weighted by molar-refractivity contribution is -0.384. The number of hydrogen-bond acceptors (Lipinski definition) is 5. The largest absolute Gasteiger partial charge is 0.316 e. The van der Waals surface area contributed by atoms with Crippen molar-refractivity contribution >= 4 is 22.7 Å². The molecule has 7 heteroatoms. The number of nitro benzene ring substituents is 1. The fraction of sp³-hybridized carbons (Fsp3) is 0.167. The Morgan fingerprint density at radius 3 is 2.71 bits per heavy atom. The van der Waals surface area contributed by atoms with Gasteiger partial charge in [-0.1, -0.05) is 35.9 Å². The number of non-ortho nitro benzene ring substituents is 1. The molecule has 0 bridgehead atoms. The van der Waals surface area contributed by atoms with E-state index in [0.717, 1.165) is 39.4 Å². The Morgan fingerprint density at radius 1 is 1.10 bits per heavy atom. The van der Waals surface area contributed by atoms with Crippen LogP contribution >= 0.6 is 11.3 Å². The molecule has 4 aromatic rings. The molecule has 6 nitrogen and oxygen atoms in total. The average molecular weight is 431 g/mol. The van der Waals surface area contributed by atoms with Crippen LogP contribution in [-0.4, -0.2) is 14.5 Å². The van der Waals surface area contributed by atoms with E-state index >= 15 is 0 Å². The number of hydrogen-bond donors (Lipinski definition) is 0. The average Bonchev–Trinajstić information content (AvgIpc) is 3.17. The van der Waals surface area contributed by atoms with Gasteiger partial charge in [-0.3, -0.25) is 15.1 Å². The lowest BCUT2D eigenvalue weighted by atomic mass is 10.1. The summed E-state index contributed by atoms with van der Waals surface area (Å²) in [6, 6.07) is 18.8. The zero-order valence-corrected chi connectivity index (χ0v) is 18.2. The summed E-state index contributed by atoms with van der Waals surface area (Å²) >= 11 is 1.53. The monoisotopic (exact) mass is 430 g/mol. The van der Waals surface area contributed by atoms with E-state index < -0.39 is 0 Å². The molecule has 2 heterocycles. The summed E-state index contributed by atoms with van der Waals surface area (Å²) in [6.45, 7) is 4.79. The molecular weight excluding hydrogens is 408 g/mol. The van der Waals surface area contributed by atoms with Crippen LogP contribution in [0.2, 0.25) is 0 Å². The Bertz CT molecular complexity index is 1290. The van der Waals surface area contributed by atoms with Gasteiger partial charge >= 0.3 is 0 Å². The minimum Gasteiger partial charge on any atom is -0.316 e. The molecule has 0 radical (unpaired) electrons. The number of pyridine rings is 1. The molecule has 2 aromatic carbocycles. The molecule has 0 aliphatic rings. The van der Waals surface area contributed by atoms with E-state index in [0.29, 0.717) is 6.54 Å². The second-order valence-electron chi connectivity index (χ2n) is 7.34. The summed E-state index contributed by atoms with van der Waals surface area (Å²) in [5.74, 6) is 0. The molecule has 0 aliphatic carbocycles. The Kier molecular flexibility index (Phi) is 6.04. The van der Waals surface area contributed by atoms with Crippen LogP contribution < -0.4 is 4.80 Å². The fourth-order valence-corrected chi connectivity index (χ4v) is 4.40. The molecule has 0 spiro atoms. The second kappa shape index (κ2) is 9.06. The summed E-state index contributed by atoms with van der Waals surface area (Å²) in [4.78, 5) is 21.1. The Hall–Kier alpha value is -3.58. The number of rotatable bonds is 6. The van der Waals surface area contributed by atoms with Gasteiger partial charge in [-0.15, -0.1) is 11.3 Å². The zero-order valence-electron chi connectivity index (χ0n) is 17.4. The number of nitrogens with zero attached hydrogens (tertiary/aromatic N) is 4. The summed E-state index contributed by atoms with van der Waals surface area (Å²) in [5.41, 5.74) is 6.01. The summed E-state index contributed by atoms with van der Waals surface area (Å²) in [6.07, 6.45) is 2.52. The highest BCUT2D eigenvalue weighted by molar-refractivity contribution is 7.07. The van der Waals surface area contributed by atoms with Crippen LogP contribution in [0.15, 0.2) is 77.2 Å². The first-order valence-electron chi connectivity index (χ1n) is 9.96. The second-order valence-corrected chi connectivity index (χ2v) is 8.17. The maximum atomic E-state index is 11.3. The highest BCUT2D eigenvalue weighted by Crippen LogP contribution is 2.26. The lowest BCUT2D eigenvalue weighted by Gasteiger charge is -2.10. The topological polar surface area (TPSA) is 73.3 Å². The zero-order chi connectivity index (χ0) is 21.8. The van der Waals surface area contributed by atoms with Crippen molar-refractivity contribution in [2.75, 3.05) is 0 Å². The Labute approximate surface area is 184 Å². The number of nitro groups is 1. The Balaban J connectivity index is 1.81. The number of aromatic nitrogens is 2. The van der Waals surface area contributed by atoms with Crippen molar-refractivity contribution in [3.8, 4) is 11.3 Å². The first-order chi connectivity index (χ1) is 15.0. The molecule has 0 fully saturated rings. The molecule has 0 aliphatic heterocycles. The molecule has 31 heavy (non-hydrogen) atoms. The molecule has 0 N–H and O–H groups in total. The van der Waals surface area contributed by atoms with Gasteiger partial charge in [0.15, 0.2) is 4.80 Å². The first kappa shape index (κ1) is 20.7. The van der Waals surface area contributed by atoms with Crippen LogP contribution in [0, 0.1) is 24.0 Å². The molecule has 0 saturated carbocycles. The minimum atomic E-state index is -0.366. The molecule has 2 aromatic heterocycles. The van der Waals surface area contributed by atoms with Gasteiger partial charge in [0.25, 0.3) is 5.69 Å². The normalized spacial score (nSPS) is 11.6. The molecule has 0 amide bonds. The summed E-state index contributed by atoms with van der Waals surface area (Å²) < 4.78 is 2.12. The third-order valence-corrected chi connectivity index (χ3v) is 5.90. The molecule has 4 rings (SSSR count). The maximum Gasteiger partial charge on any atom is 0.270 e. The van der Waals surface area contributed by atoms with Crippen LogP contribution in [0.3, 0.4) is 0 Å². The van der Waals surface area contributed by atoms with Gasteiger partial charge in [-0.2, -0.15) is 0 Å².